The molecule has 0 spiro atoms. The minimum atomic E-state index is 0.00960. The van der Waals surface area contributed by atoms with Crippen molar-refractivity contribution in [1.29, 1.82) is 0 Å². The van der Waals surface area contributed by atoms with Gasteiger partial charge in [-0.15, -0.1) is 0 Å². The van der Waals surface area contributed by atoms with E-state index in [2.05, 4.69) is 19.2 Å². The van der Waals surface area contributed by atoms with E-state index in [-0.39, 0.29) is 11.9 Å². The fourth-order valence-corrected chi connectivity index (χ4v) is 2.00. The molecule has 1 N–H and O–H groups in total. The van der Waals surface area contributed by atoms with Crippen molar-refractivity contribution in [1.82, 2.24) is 5.32 Å². The number of benzene rings is 1. The molecule has 1 heterocycles. The number of rotatable bonds is 1. The number of carbonyl (C=O) groups excluding carboxylic acids is 1. The van der Waals surface area contributed by atoms with Gasteiger partial charge < -0.3 is 5.32 Å². The lowest BCUT2D eigenvalue weighted by Gasteiger charge is -2.15. The van der Waals surface area contributed by atoms with Gasteiger partial charge in [0.15, 0.2) is 0 Å². The summed E-state index contributed by atoms with van der Waals surface area (Å²) in [6.45, 7) is 4.17. The minimum Gasteiger partial charge on any atom is -0.345 e. The first-order valence-corrected chi connectivity index (χ1v) is 5.07. The minimum absolute atomic E-state index is 0.00960. The molecule has 3 heteroatoms. The van der Waals surface area contributed by atoms with Crippen molar-refractivity contribution < 1.29 is 4.79 Å². The van der Waals surface area contributed by atoms with Crippen molar-refractivity contribution in [3.63, 3.8) is 0 Å². The van der Waals surface area contributed by atoms with E-state index in [4.69, 9.17) is 11.6 Å². The van der Waals surface area contributed by atoms with E-state index in [0.29, 0.717) is 10.9 Å². The lowest BCUT2D eigenvalue weighted by molar-refractivity contribution is 0.0949. The number of halogens is 1. The van der Waals surface area contributed by atoms with E-state index >= 15 is 0 Å². The van der Waals surface area contributed by atoms with Crippen LogP contribution < -0.4 is 5.32 Å². The van der Waals surface area contributed by atoms with Crippen LogP contribution in [0.5, 0.6) is 0 Å². The van der Waals surface area contributed by atoms with E-state index in [1.165, 1.54) is 0 Å². The Morgan fingerprint density at radius 2 is 2.14 bits per heavy atom. The van der Waals surface area contributed by atoms with Crippen molar-refractivity contribution in [2.24, 2.45) is 5.92 Å². The van der Waals surface area contributed by atoms with Gasteiger partial charge in [-0.3, -0.25) is 4.79 Å². The number of nitrogens with one attached hydrogen (secondary N) is 1. The molecule has 2 nitrogen and oxygen atoms in total. The van der Waals surface area contributed by atoms with Crippen LogP contribution in [0, 0.1) is 5.92 Å². The van der Waals surface area contributed by atoms with Crippen molar-refractivity contribution in [3.05, 3.63) is 34.3 Å². The number of carbonyl (C=O) groups is 1. The molecule has 1 amide bonds. The fraction of sp³-hybridized carbons (Fsp3) is 0.364. The first kappa shape index (κ1) is 9.53. The molecular weight excluding hydrogens is 198 g/mol. The van der Waals surface area contributed by atoms with Gasteiger partial charge in [-0.25, -0.2) is 0 Å². The highest BCUT2D eigenvalue weighted by Gasteiger charge is 2.30. The first-order chi connectivity index (χ1) is 6.59. The van der Waals surface area contributed by atoms with Crippen LogP contribution in [-0.4, -0.2) is 5.91 Å². The summed E-state index contributed by atoms with van der Waals surface area (Å²) in [5.74, 6) is 0.397. The van der Waals surface area contributed by atoms with Gasteiger partial charge in [0.25, 0.3) is 5.91 Å². The molecule has 1 aromatic carbocycles. The molecular formula is C11H12ClNO. The number of hydrogen-bond donors (Lipinski definition) is 1. The third-order valence-corrected chi connectivity index (χ3v) is 2.78. The summed E-state index contributed by atoms with van der Waals surface area (Å²) < 4.78 is 0. The predicted octanol–water partition coefficient (Wildman–Crippen LogP) is 2.78. The molecule has 0 aromatic heterocycles. The summed E-state index contributed by atoms with van der Waals surface area (Å²) in [5, 5.41) is 3.63. The molecule has 1 aromatic rings. The van der Waals surface area contributed by atoms with Crippen LogP contribution >= 0.6 is 11.6 Å². The molecule has 0 bridgehead atoms. The second-order valence-electron chi connectivity index (χ2n) is 3.93. The highest BCUT2D eigenvalue weighted by Crippen LogP contribution is 2.32. The summed E-state index contributed by atoms with van der Waals surface area (Å²) in [6.07, 6.45) is 0. The Balaban J connectivity index is 2.51. The van der Waals surface area contributed by atoms with Crippen molar-refractivity contribution in [3.8, 4) is 0 Å². The van der Waals surface area contributed by atoms with Gasteiger partial charge in [0.05, 0.1) is 6.04 Å². The molecule has 0 radical (unpaired) electrons. The van der Waals surface area contributed by atoms with Gasteiger partial charge >= 0.3 is 0 Å². The summed E-state index contributed by atoms with van der Waals surface area (Å²) in [5.41, 5.74) is 1.78. The predicted molar refractivity (Wildman–Crippen MR) is 56.5 cm³/mol. The van der Waals surface area contributed by atoms with Crippen molar-refractivity contribution in [2.45, 2.75) is 19.9 Å². The summed E-state index contributed by atoms with van der Waals surface area (Å²) >= 11 is 5.90. The monoisotopic (exact) mass is 209 g/mol. The molecule has 0 fully saturated rings. The van der Waals surface area contributed by atoms with Crippen LogP contribution in [0.4, 0.5) is 0 Å². The summed E-state index contributed by atoms with van der Waals surface area (Å²) in [6, 6.07) is 5.52. The molecule has 74 valence electrons. The zero-order valence-electron chi connectivity index (χ0n) is 8.17. The Labute approximate surface area is 88.3 Å². The van der Waals surface area contributed by atoms with E-state index in [9.17, 15) is 4.79 Å². The maximum Gasteiger partial charge on any atom is 0.252 e. The highest BCUT2D eigenvalue weighted by atomic mass is 35.5. The van der Waals surface area contributed by atoms with E-state index in [1.54, 1.807) is 12.1 Å². The Bertz CT molecular complexity index is 387. The van der Waals surface area contributed by atoms with E-state index in [0.717, 1.165) is 11.1 Å². The second-order valence-corrected chi connectivity index (χ2v) is 4.36. The van der Waals surface area contributed by atoms with Gasteiger partial charge in [-0.2, -0.15) is 0 Å². The topological polar surface area (TPSA) is 29.1 Å². The smallest absolute Gasteiger partial charge is 0.252 e. The molecule has 1 atom stereocenters. The maximum absolute atomic E-state index is 11.5. The average Bonchev–Trinajstić information content (AvgIpc) is 2.43. The standard InChI is InChI=1S/C11H12ClNO/c1-6(2)10-9-5-7(12)3-4-8(9)11(14)13-10/h3-6,10H,1-2H3,(H,13,14). The molecule has 0 saturated heterocycles. The van der Waals surface area contributed by atoms with Crippen LogP contribution in [0.25, 0.3) is 0 Å². The third kappa shape index (κ3) is 1.40. The van der Waals surface area contributed by atoms with Crippen LogP contribution in [-0.2, 0) is 0 Å². The molecule has 0 saturated carbocycles. The quantitative estimate of drug-likeness (QED) is 0.757. The van der Waals surface area contributed by atoms with Gasteiger partial charge in [0.2, 0.25) is 0 Å². The molecule has 1 aliphatic heterocycles. The molecule has 1 unspecified atom stereocenters. The lowest BCUT2D eigenvalue weighted by Crippen LogP contribution is -2.22. The molecule has 14 heavy (non-hydrogen) atoms. The Hall–Kier alpha value is -1.02. The lowest BCUT2D eigenvalue weighted by atomic mass is 9.96. The molecule has 1 aliphatic rings. The Kier molecular flexibility index (Phi) is 2.23. The number of hydrogen-bond acceptors (Lipinski definition) is 1. The van der Waals surface area contributed by atoms with Gasteiger partial charge in [0.1, 0.15) is 0 Å². The Morgan fingerprint density at radius 3 is 2.79 bits per heavy atom. The Morgan fingerprint density at radius 1 is 1.43 bits per heavy atom. The van der Waals surface area contributed by atoms with Crippen LogP contribution in [0.2, 0.25) is 5.02 Å². The third-order valence-electron chi connectivity index (χ3n) is 2.55. The molecule has 2 rings (SSSR count). The maximum atomic E-state index is 11.5. The number of fused-ring (bicyclic) bond motifs is 1. The zero-order chi connectivity index (χ0) is 10.3. The normalized spacial score (nSPS) is 19.7. The largest absolute Gasteiger partial charge is 0.345 e. The zero-order valence-corrected chi connectivity index (χ0v) is 8.93. The van der Waals surface area contributed by atoms with Gasteiger partial charge in [-0.05, 0) is 29.7 Å². The highest BCUT2D eigenvalue weighted by molar-refractivity contribution is 6.30. The second kappa shape index (κ2) is 3.28. The van der Waals surface area contributed by atoms with Gasteiger partial charge in [-0.1, -0.05) is 25.4 Å². The van der Waals surface area contributed by atoms with Crippen LogP contribution in [0.3, 0.4) is 0 Å². The van der Waals surface area contributed by atoms with Crippen molar-refractivity contribution in [2.75, 3.05) is 0 Å². The fourth-order valence-electron chi connectivity index (χ4n) is 1.82. The van der Waals surface area contributed by atoms with E-state index < -0.39 is 0 Å². The average molecular weight is 210 g/mol. The summed E-state index contributed by atoms with van der Waals surface area (Å²) in [4.78, 5) is 11.5. The van der Waals surface area contributed by atoms with Crippen LogP contribution in [0.1, 0.15) is 35.8 Å². The summed E-state index contributed by atoms with van der Waals surface area (Å²) in [7, 11) is 0. The van der Waals surface area contributed by atoms with Gasteiger partial charge in [0, 0.05) is 10.6 Å². The molecule has 0 aliphatic carbocycles. The van der Waals surface area contributed by atoms with Crippen LogP contribution in [0.15, 0.2) is 18.2 Å². The SMILES string of the molecule is CC(C)C1NC(=O)c2ccc(Cl)cc21. The van der Waals surface area contributed by atoms with E-state index in [1.807, 2.05) is 6.07 Å². The first-order valence-electron chi connectivity index (χ1n) is 4.70. The number of amides is 1. The van der Waals surface area contributed by atoms with Crippen molar-refractivity contribution >= 4 is 17.5 Å².